The average Bonchev–Trinajstić information content (AvgIpc) is 2.53. The Morgan fingerprint density at radius 1 is 1.38 bits per heavy atom. The molecule has 1 aliphatic heterocycles. The van der Waals surface area contributed by atoms with E-state index in [-0.39, 0.29) is 17.9 Å². The molecular formula is C15H23BrN4O. The summed E-state index contributed by atoms with van der Waals surface area (Å²) in [5, 5.41) is 0. The number of rotatable bonds is 4. The Bertz CT molecular complexity index is 471. The van der Waals surface area contributed by atoms with Crippen LogP contribution in [0.2, 0.25) is 0 Å². The molecule has 116 valence electrons. The quantitative estimate of drug-likeness (QED) is 0.896. The number of hydrogen-bond acceptors (Lipinski definition) is 4. The number of anilines is 1. The predicted octanol–water partition coefficient (Wildman–Crippen LogP) is 1.87. The Hall–Kier alpha value is -1.14. The molecule has 2 heterocycles. The summed E-state index contributed by atoms with van der Waals surface area (Å²) in [6, 6.07) is 3.60. The summed E-state index contributed by atoms with van der Waals surface area (Å²) >= 11 is 3.39. The topological polar surface area (TPSA) is 62.5 Å². The number of carbonyl (C=O) groups is 1. The van der Waals surface area contributed by atoms with E-state index in [0.717, 1.165) is 29.8 Å². The third-order valence-corrected chi connectivity index (χ3v) is 4.64. The fourth-order valence-corrected chi connectivity index (χ4v) is 2.65. The highest BCUT2D eigenvalue weighted by Gasteiger charge is 2.28. The van der Waals surface area contributed by atoms with Gasteiger partial charge in [0, 0.05) is 36.8 Å². The predicted molar refractivity (Wildman–Crippen MR) is 88.2 cm³/mol. The maximum atomic E-state index is 12.3. The third kappa shape index (κ3) is 3.95. The highest BCUT2D eigenvalue weighted by atomic mass is 79.9. The highest BCUT2D eigenvalue weighted by Crippen LogP contribution is 2.17. The lowest BCUT2D eigenvalue weighted by Gasteiger charge is -2.37. The summed E-state index contributed by atoms with van der Waals surface area (Å²) in [4.78, 5) is 20.8. The summed E-state index contributed by atoms with van der Waals surface area (Å²) in [7, 11) is 0. The Kier molecular flexibility index (Phi) is 5.58. The lowest BCUT2D eigenvalue weighted by Crippen LogP contribution is -2.54. The number of pyridine rings is 1. The van der Waals surface area contributed by atoms with Gasteiger partial charge in [-0.05, 0) is 34.0 Å². The lowest BCUT2D eigenvalue weighted by molar-refractivity contribution is -0.134. The van der Waals surface area contributed by atoms with Crippen LogP contribution in [0.25, 0.3) is 0 Å². The maximum absolute atomic E-state index is 12.3. The highest BCUT2D eigenvalue weighted by molar-refractivity contribution is 9.10. The van der Waals surface area contributed by atoms with Crippen LogP contribution >= 0.6 is 15.9 Å². The number of nitrogens with two attached hydrogens (primary N) is 1. The third-order valence-electron chi connectivity index (χ3n) is 4.17. The second-order valence-electron chi connectivity index (χ2n) is 5.56. The van der Waals surface area contributed by atoms with E-state index in [9.17, 15) is 4.79 Å². The second-order valence-corrected chi connectivity index (χ2v) is 6.47. The smallest absolute Gasteiger partial charge is 0.239 e. The van der Waals surface area contributed by atoms with Crippen molar-refractivity contribution in [1.82, 2.24) is 9.88 Å². The van der Waals surface area contributed by atoms with Crippen molar-refractivity contribution in [2.75, 3.05) is 31.1 Å². The van der Waals surface area contributed by atoms with Crippen LogP contribution in [0.1, 0.15) is 20.3 Å². The Labute approximate surface area is 134 Å². The zero-order valence-electron chi connectivity index (χ0n) is 12.6. The van der Waals surface area contributed by atoms with E-state index < -0.39 is 0 Å². The molecule has 21 heavy (non-hydrogen) atoms. The lowest BCUT2D eigenvalue weighted by atomic mass is 9.98. The minimum absolute atomic E-state index is 0.0766. The first-order valence-corrected chi connectivity index (χ1v) is 8.23. The molecular weight excluding hydrogens is 332 g/mol. The minimum atomic E-state index is -0.382. The SMILES string of the molecule is CCC(C)[C@H](N)C(=O)N1CCN(c2ccc(Br)cn2)CC1. The summed E-state index contributed by atoms with van der Waals surface area (Å²) in [6.07, 6.45) is 2.72. The van der Waals surface area contributed by atoms with Crippen molar-refractivity contribution in [3.8, 4) is 0 Å². The number of hydrogen-bond donors (Lipinski definition) is 1. The molecule has 1 aliphatic rings. The van der Waals surface area contributed by atoms with Gasteiger partial charge in [-0.15, -0.1) is 0 Å². The van der Waals surface area contributed by atoms with Gasteiger partial charge in [-0.25, -0.2) is 4.98 Å². The summed E-state index contributed by atoms with van der Waals surface area (Å²) < 4.78 is 0.972. The van der Waals surface area contributed by atoms with Crippen molar-refractivity contribution in [2.45, 2.75) is 26.3 Å². The van der Waals surface area contributed by atoms with Crippen molar-refractivity contribution >= 4 is 27.7 Å². The zero-order valence-corrected chi connectivity index (χ0v) is 14.2. The maximum Gasteiger partial charge on any atom is 0.239 e. The van der Waals surface area contributed by atoms with E-state index in [2.05, 4.69) is 32.7 Å². The van der Waals surface area contributed by atoms with E-state index in [1.54, 1.807) is 6.20 Å². The van der Waals surface area contributed by atoms with Crippen LogP contribution in [0.5, 0.6) is 0 Å². The van der Waals surface area contributed by atoms with Gasteiger partial charge in [-0.3, -0.25) is 4.79 Å². The van der Waals surface area contributed by atoms with Crippen LogP contribution < -0.4 is 10.6 Å². The molecule has 0 aliphatic carbocycles. The fourth-order valence-electron chi connectivity index (χ4n) is 2.42. The minimum Gasteiger partial charge on any atom is -0.353 e. The standard InChI is InChI=1S/C15H23BrN4O/c1-3-11(2)14(17)15(21)20-8-6-19(7-9-20)13-5-4-12(16)10-18-13/h4-5,10-11,14H,3,6-9,17H2,1-2H3/t11?,14-/m0/s1. The van der Waals surface area contributed by atoms with E-state index >= 15 is 0 Å². The summed E-state index contributed by atoms with van der Waals surface area (Å²) in [5.41, 5.74) is 6.04. The van der Waals surface area contributed by atoms with E-state index in [0.29, 0.717) is 13.1 Å². The molecule has 1 aromatic rings. The van der Waals surface area contributed by atoms with Gasteiger partial charge in [0.1, 0.15) is 5.82 Å². The molecule has 0 saturated carbocycles. The van der Waals surface area contributed by atoms with Crippen molar-refractivity contribution in [3.05, 3.63) is 22.8 Å². The number of piperazine rings is 1. The van der Waals surface area contributed by atoms with E-state index in [4.69, 9.17) is 5.73 Å². The van der Waals surface area contributed by atoms with E-state index in [1.165, 1.54) is 0 Å². The summed E-state index contributed by atoms with van der Waals surface area (Å²) in [6.45, 7) is 7.11. The first-order chi connectivity index (χ1) is 10.0. The number of nitrogens with zero attached hydrogens (tertiary/aromatic N) is 3. The normalized spacial score (nSPS) is 18.5. The van der Waals surface area contributed by atoms with Crippen LogP contribution in [0, 0.1) is 5.92 Å². The van der Waals surface area contributed by atoms with Crippen molar-refractivity contribution < 1.29 is 4.79 Å². The molecule has 1 unspecified atom stereocenters. The molecule has 5 nitrogen and oxygen atoms in total. The van der Waals surface area contributed by atoms with Gasteiger partial charge in [-0.1, -0.05) is 20.3 Å². The number of aromatic nitrogens is 1. The number of carbonyl (C=O) groups excluding carboxylic acids is 1. The van der Waals surface area contributed by atoms with Crippen LogP contribution in [0.3, 0.4) is 0 Å². The Balaban J connectivity index is 1.91. The second kappa shape index (κ2) is 7.22. The van der Waals surface area contributed by atoms with Gasteiger partial charge in [0.05, 0.1) is 6.04 Å². The largest absolute Gasteiger partial charge is 0.353 e. The van der Waals surface area contributed by atoms with Gasteiger partial charge in [-0.2, -0.15) is 0 Å². The van der Waals surface area contributed by atoms with Gasteiger partial charge in [0.15, 0.2) is 0 Å². The van der Waals surface area contributed by atoms with Crippen LogP contribution in [0.4, 0.5) is 5.82 Å². The van der Waals surface area contributed by atoms with Gasteiger partial charge >= 0.3 is 0 Å². The molecule has 2 rings (SSSR count). The molecule has 1 aromatic heterocycles. The van der Waals surface area contributed by atoms with Crippen LogP contribution in [-0.2, 0) is 4.79 Å². The monoisotopic (exact) mass is 354 g/mol. The Morgan fingerprint density at radius 3 is 2.57 bits per heavy atom. The van der Waals surface area contributed by atoms with Crippen molar-refractivity contribution in [3.63, 3.8) is 0 Å². The van der Waals surface area contributed by atoms with Crippen molar-refractivity contribution in [2.24, 2.45) is 11.7 Å². The van der Waals surface area contributed by atoms with Crippen LogP contribution in [-0.4, -0.2) is 48.0 Å². The van der Waals surface area contributed by atoms with E-state index in [1.807, 2.05) is 24.0 Å². The molecule has 0 radical (unpaired) electrons. The fraction of sp³-hybridized carbons (Fsp3) is 0.600. The number of halogens is 1. The first-order valence-electron chi connectivity index (χ1n) is 7.43. The molecule has 2 N–H and O–H groups in total. The van der Waals surface area contributed by atoms with Gasteiger partial charge in [0.25, 0.3) is 0 Å². The average molecular weight is 355 g/mol. The van der Waals surface area contributed by atoms with Crippen LogP contribution in [0.15, 0.2) is 22.8 Å². The Morgan fingerprint density at radius 2 is 2.05 bits per heavy atom. The van der Waals surface area contributed by atoms with Gasteiger partial charge in [0.2, 0.25) is 5.91 Å². The molecule has 1 fully saturated rings. The molecule has 0 aromatic carbocycles. The molecule has 1 saturated heterocycles. The molecule has 6 heteroatoms. The van der Waals surface area contributed by atoms with Gasteiger partial charge < -0.3 is 15.5 Å². The molecule has 0 spiro atoms. The first kappa shape index (κ1) is 16.2. The molecule has 0 bridgehead atoms. The van der Waals surface area contributed by atoms with Crippen molar-refractivity contribution in [1.29, 1.82) is 0 Å². The molecule has 1 amide bonds. The number of amides is 1. The molecule has 2 atom stereocenters. The summed E-state index contributed by atoms with van der Waals surface area (Å²) in [5.74, 6) is 1.26. The zero-order chi connectivity index (χ0) is 15.4.